The zero-order valence-electron chi connectivity index (χ0n) is 14.4. The third-order valence-electron chi connectivity index (χ3n) is 4.33. The first kappa shape index (κ1) is 17.0. The van der Waals surface area contributed by atoms with Gasteiger partial charge in [-0.15, -0.1) is 11.3 Å². The number of thiophene rings is 1. The van der Waals surface area contributed by atoms with Crippen LogP contribution in [0.4, 0.5) is 0 Å². The minimum absolute atomic E-state index is 0.0391. The summed E-state index contributed by atoms with van der Waals surface area (Å²) in [7, 11) is 0. The molecule has 1 atom stereocenters. The molecular weight excluding hydrogens is 322 g/mol. The van der Waals surface area contributed by atoms with Gasteiger partial charge in [-0.25, -0.2) is 0 Å². The normalized spacial score (nSPS) is 17.4. The molecule has 0 saturated carbocycles. The summed E-state index contributed by atoms with van der Waals surface area (Å²) in [6.45, 7) is 6.50. The van der Waals surface area contributed by atoms with Gasteiger partial charge in [-0.3, -0.25) is 9.59 Å². The molecule has 3 heterocycles. The number of hydrogen-bond donors (Lipinski definition) is 0. The maximum atomic E-state index is 12.8. The third-order valence-corrected chi connectivity index (χ3v) is 5.33. The minimum Gasteiger partial charge on any atom is -0.462 e. The van der Waals surface area contributed by atoms with Gasteiger partial charge < -0.3 is 9.30 Å². The third kappa shape index (κ3) is 3.31. The molecule has 0 aromatic carbocycles. The van der Waals surface area contributed by atoms with Crippen LogP contribution in [0.5, 0.6) is 0 Å². The van der Waals surface area contributed by atoms with E-state index in [4.69, 9.17) is 4.74 Å². The Morgan fingerprint density at radius 1 is 1.21 bits per heavy atom. The van der Waals surface area contributed by atoms with E-state index in [2.05, 4.69) is 0 Å². The van der Waals surface area contributed by atoms with E-state index in [1.165, 1.54) is 11.3 Å². The average molecular weight is 345 g/mol. The molecule has 0 fully saturated rings. The smallest absolute Gasteiger partial charge is 0.315 e. The first-order valence-corrected chi connectivity index (χ1v) is 9.30. The molecule has 1 unspecified atom stereocenters. The molecule has 0 aliphatic carbocycles. The molecule has 0 radical (unpaired) electrons. The lowest BCUT2D eigenvalue weighted by molar-refractivity contribution is -0.149. The first-order chi connectivity index (χ1) is 11.5. The molecule has 128 valence electrons. The quantitative estimate of drug-likeness (QED) is 0.613. The molecule has 4 nitrogen and oxygen atoms in total. The second-order valence-corrected chi connectivity index (χ2v) is 7.86. The fourth-order valence-corrected chi connectivity index (χ4v) is 4.05. The fraction of sp³-hybridized carbons (Fsp3) is 0.474. The van der Waals surface area contributed by atoms with Gasteiger partial charge in [-0.1, -0.05) is 6.42 Å². The van der Waals surface area contributed by atoms with Crippen LogP contribution in [0.3, 0.4) is 0 Å². The molecule has 0 amide bonds. The minimum atomic E-state index is -0.276. The molecule has 3 rings (SSSR count). The lowest BCUT2D eigenvalue weighted by Gasteiger charge is -2.17. The van der Waals surface area contributed by atoms with Crippen molar-refractivity contribution in [2.24, 2.45) is 0 Å². The average Bonchev–Trinajstić information content (AvgIpc) is 3.07. The highest BCUT2D eigenvalue weighted by atomic mass is 32.1. The number of nitrogens with zero attached hydrogens (tertiary/aromatic N) is 1. The van der Waals surface area contributed by atoms with Gasteiger partial charge in [0.15, 0.2) is 0 Å². The Kier molecular flexibility index (Phi) is 4.90. The van der Waals surface area contributed by atoms with Crippen molar-refractivity contribution in [2.75, 3.05) is 0 Å². The summed E-state index contributed by atoms with van der Waals surface area (Å²) in [6, 6.07) is 7.62. The number of hydrogen-bond acceptors (Lipinski definition) is 4. The van der Waals surface area contributed by atoms with Crippen LogP contribution in [0.15, 0.2) is 24.3 Å². The van der Waals surface area contributed by atoms with Crippen molar-refractivity contribution in [1.82, 2.24) is 4.57 Å². The Morgan fingerprint density at radius 3 is 2.67 bits per heavy atom. The van der Waals surface area contributed by atoms with Crippen molar-refractivity contribution < 1.29 is 14.3 Å². The number of ketones is 1. The highest BCUT2D eigenvalue weighted by Gasteiger charge is 2.30. The van der Waals surface area contributed by atoms with Crippen molar-refractivity contribution in [3.8, 4) is 0 Å². The monoisotopic (exact) mass is 345 g/mol. The zero-order chi connectivity index (χ0) is 17.3. The first-order valence-electron chi connectivity index (χ1n) is 8.48. The molecule has 24 heavy (non-hydrogen) atoms. The standard InChI is InChI=1S/C19H23NO3S/c1-12(2)23-19(22)14-6-4-5-11-20-15(14)8-9-16(20)18(21)17-10-7-13(3)24-17/h7-10,12,14H,4-6,11H2,1-3H3. The van der Waals surface area contributed by atoms with E-state index in [1.54, 1.807) is 0 Å². The number of carbonyl (C=O) groups excluding carboxylic acids is 2. The van der Waals surface area contributed by atoms with E-state index in [0.717, 1.165) is 41.3 Å². The van der Waals surface area contributed by atoms with E-state index < -0.39 is 0 Å². The van der Waals surface area contributed by atoms with Crippen LogP contribution in [0.1, 0.15) is 65.0 Å². The van der Waals surface area contributed by atoms with Gasteiger partial charge in [0.1, 0.15) is 0 Å². The maximum Gasteiger partial charge on any atom is 0.315 e. The molecule has 1 aliphatic rings. The molecule has 2 aromatic heterocycles. The largest absolute Gasteiger partial charge is 0.462 e. The Labute approximate surface area is 146 Å². The van der Waals surface area contributed by atoms with Crippen LogP contribution in [-0.2, 0) is 16.1 Å². The van der Waals surface area contributed by atoms with Gasteiger partial charge in [0.2, 0.25) is 5.78 Å². The number of esters is 1. The molecule has 0 saturated heterocycles. The highest BCUT2D eigenvalue weighted by Crippen LogP contribution is 2.31. The summed E-state index contributed by atoms with van der Waals surface area (Å²) < 4.78 is 7.45. The second kappa shape index (κ2) is 6.93. The van der Waals surface area contributed by atoms with Gasteiger partial charge in [0.25, 0.3) is 0 Å². The summed E-state index contributed by atoms with van der Waals surface area (Å²) in [5.41, 5.74) is 1.59. The highest BCUT2D eigenvalue weighted by molar-refractivity contribution is 7.14. The summed E-state index contributed by atoms with van der Waals surface area (Å²) >= 11 is 1.51. The number of rotatable bonds is 4. The summed E-state index contributed by atoms with van der Waals surface area (Å²) in [5, 5.41) is 0. The van der Waals surface area contributed by atoms with Crippen LogP contribution in [0.2, 0.25) is 0 Å². The van der Waals surface area contributed by atoms with E-state index in [0.29, 0.717) is 5.69 Å². The summed E-state index contributed by atoms with van der Waals surface area (Å²) in [5.74, 6) is -0.420. The van der Waals surface area contributed by atoms with E-state index >= 15 is 0 Å². The van der Waals surface area contributed by atoms with Crippen LogP contribution < -0.4 is 0 Å². The van der Waals surface area contributed by atoms with Gasteiger partial charge in [-0.2, -0.15) is 0 Å². The summed E-state index contributed by atoms with van der Waals surface area (Å²) in [6.07, 6.45) is 2.59. The van der Waals surface area contributed by atoms with Gasteiger partial charge in [0.05, 0.1) is 22.6 Å². The van der Waals surface area contributed by atoms with Gasteiger partial charge >= 0.3 is 5.97 Å². The number of aryl methyl sites for hydroxylation is 1. The van der Waals surface area contributed by atoms with Crippen molar-refractivity contribution >= 4 is 23.1 Å². The van der Waals surface area contributed by atoms with Crippen molar-refractivity contribution in [3.05, 3.63) is 45.4 Å². The predicted octanol–water partition coefficient (Wildman–Crippen LogP) is 4.31. The number of carbonyl (C=O) groups is 2. The molecular formula is C19H23NO3S. The van der Waals surface area contributed by atoms with E-state index in [1.807, 2.05) is 49.6 Å². The van der Waals surface area contributed by atoms with Crippen molar-refractivity contribution in [3.63, 3.8) is 0 Å². The molecule has 5 heteroatoms. The predicted molar refractivity (Wildman–Crippen MR) is 94.7 cm³/mol. The summed E-state index contributed by atoms with van der Waals surface area (Å²) in [4.78, 5) is 27.2. The SMILES string of the molecule is Cc1ccc(C(=O)c2ccc3n2CCCCC3C(=O)OC(C)C)s1. The topological polar surface area (TPSA) is 48.3 Å². The number of aromatic nitrogens is 1. The zero-order valence-corrected chi connectivity index (χ0v) is 15.2. The molecule has 0 N–H and O–H groups in total. The van der Waals surface area contributed by atoms with Crippen LogP contribution in [-0.4, -0.2) is 22.4 Å². The van der Waals surface area contributed by atoms with Gasteiger partial charge in [0, 0.05) is 17.1 Å². The number of ether oxygens (including phenoxy) is 1. The Morgan fingerprint density at radius 2 is 2.00 bits per heavy atom. The molecule has 1 aliphatic heterocycles. The number of fused-ring (bicyclic) bond motifs is 1. The maximum absolute atomic E-state index is 12.8. The van der Waals surface area contributed by atoms with E-state index in [-0.39, 0.29) is 23.8 Å². The molecule has 0 spiro atoms. The van der Waals surface area contributed by atoms with Crippen molar-refractivity contribution in [1.29, 1.82) is 0 Å². The Balaban J connectivity index is 1.94. The molecule has 2 aromatic rings. The fourth-order valence-electron chi connectivity index (χ4n) is 3.24. The van der Waals surface area contributed by atoms with Gasteiger partial charge in [-0.05, 0) is 57.9 Å². The second-order valence-electron chi connectivity index (χ2n) is 6.57. The molecule has 0 bridgehead atoms. The van der Waals surface area contributed by atoms with E-state index in [9.17, 15) is 9.59 Å². The lowest BCUT2D eigenvalue weighted by atomic mass is 10.00. The Bertz CT molecular complexity index is 757. The van der Waals surface area contributed by atoms with Crippen LogP contribution >= 0.6 is 11.3 Å². The lowest BCUT2D eigenvalue weighted by Crippen LogP contribution is -2.21. The van der Waals surface area contributed by atoms with Crippen LogP contribution in [0.25, 0.3) is 0 Å². The van der Waals surface area contributed by atoms with Crippen molar-refractivity contribution in [2.45, 2.75) is 58.6 Å². The Hall–Kier alpha value is -1.88. The van der Waals surface area contributed by atoms with Crippen LogP contribution in [0, 0.1) is 6.92 Å².